The fourth-order valence-electron chi connectivity index (χ4n) is 4.99. The van der Waals surface area contributed by atoms with Gasteiger partial charge in [-0.25, -0.2) is 9.37 Å². The standard InChI is InChI=1S/C29H24FN3O2/c30-23-11-3-5-13-25(23)33-19-21(18-28(33)34)29-31-24-12-4-6-14-26(24)32(29)16-17-35-27-15-7-9-20-8-1-2-10-22(20)27/h1-15,21H,16-19H2. The Morgan fingerprint density at radius 3 is 2.60 bits per heavy atom. The molecule has 6 rings (SSSR count). The van der Waals surface area contributed by atoms with Crippen molar-refractivity contribution >= 4 is 33.4 Å². The van der Waals surface area contributed by atoms with Crippen LogP contribution >= 0.6 is 0 Å². The summed E-state index contributed by atoms with van der Waals surface area (Å²) < 4.78 is 22.8. The van der Waals surface area contributed by atoms with Crippen LogP contribution in [0.2, 0.25) is 0 Å². The average Bonchev–Trinajstić information content (AvgIpc) is 3.45. The lowest BCUT2D eigenvalue weighted by atomic mass is 10.1. The first kappa shape index (κ1) is 21.4. The maximum absolute atomic E-state index is 14.4. The molecule has 1 saturated heterocycles. The zero-order valence-electron chi connectivity index (χ0n) is 19.1. The van der Waals surface area contributed by atoms with Crippen LogP contribution in [-0.2, 0) is 11.3 Å². The highest BCUT2D eigenvalue weighted by Crippen LogP contribution is 2.34. The number of hydrogen-bond donors (Lipinski definition) is 0. The lowest BCUT2D eigenvalue weighted by Gasteiger charge is -2.18. The predicted molar refractivity (Wildman–Crippen MR) is 135 cm³/mol. The van der Waals surface area contributed by atoms with Crippen molar-refractivity contribution in [3.05, 3.63) is 103 Å². The summed E-state index contributed by atoms with van der Waals surface area (Å²) in [6.07, 6.45) is 0.293. The van der Waals surface area contributed by atoms with Gasteiger partial charge in [-0.2, -0.15) is 0 Å². The smallest absolute Gasteiger partial charge is 0.227 e. The predicted octanol–water partition coefficient (Wildman–Crippen LogP) is 5.93. The van der Waals surface area contributed by atoms with E-state index in [1.165, 1.54) is 11.0 Å². The molecule has 1 fully saturated rings. The van der Waals surface area contributed by atoms with Crippen LogP contribution < -0.4 is 9.64 Å². The number of hydrogen-bond acceptors (Lipinski definition) is 3. The van der Waals surface area contributed by atoms with Crippen LogP contribution in [0.3, 0.4) is 0 Å². The Kier molecular flexibility index (Phi) is 5.41. The molecule has 0 bridgehead atoms. The number of carbonyl (C=O) groups excluding carboxylic acids is 1. The molecule has 0 aliphatic carbocycles. The summed E-state index contributed by atoms with van der Waals surface area (Å²) in [7, 11) is 0. The van der Waals surface area contributed by atoms with Gasteiger partial charge in [0.25, 0.3) is 0 Å². The molecule has 4 aromatic carbocycles. The van der Waals surface area contributed by atoms with E-state index in [9.17, 15) is 9.18 Å². The molecule has 35 heavy (non-hydrogen) atoms. The summed E-state index contributed by atoms with van der Waals surface area (Å²) in [5, 5.41) is 2.21. The third kappa shape index (κ3) is 3.91. The Morgan fingerprint density at radius 1 is 0.914 bits per heavy atom. The van der Waals surface area contributed by atoms with Gasteiger partial charge in [-0.3, -0.25) is 4.79 Å². The second-order valence-corrected chi connectivity index (χ2v) is 8.79. The Morgan fingerprint density at radius 2 is 1.69 bits per heavy atom. The number of ether oxygens (including phenoxy) is 1. The number of halogens is 1. The minimum absolute atomic E-state index is 0.0919. The first-order valence-electron chi connectivity index (χ1n) is 11.8. The van der Waals surface area contributed by atoms with Gasteiger partial charge < -0.3 is 14.2 Å². The molecule has 0 radical (unpaired) electrons. The molecule has 174 valence electrons. The molecular weight excluding hydrogens is 441 g/mol. The van der Waals surface area contributed by atoms with Gasteiger partial charge in [0.05, 0.1) is 23.3 Å². The highest BCUT2D eigenvalue weighted by atomic mass is 19.1. The number of amides is 1. The number of fused-ring (bicyclic) bond motifs is 2. The van der Waals surface area contributed by atoms with Gasteiger partial charge in [0, 0.05) is 24.3 Å². The van der Waals surface area contributed by atoms with E-state index in [1.54, 1.807) is 18.2 Å². The Labute approximate surface area is 202 Å². The van der Waals surface area contributed by atoms with Crippen LogP contribution in [-0.4, -0.2) is 28.6 Å². The second-order valence-electron chi connectivity index (χ2n) is 8.79. The molecule has 2 heterocycles. The Hall–Kier alpha value is -4.19. The zero-order valence-corrected chi connectivity index (χ0v) is 19.1. The molecule has 5 aromatic rings. The first-order chi connectivity index (χ1) is 17.2. The van der Waals surface area contributed by atoms with Crippen LogP contribution in [0.25, 0.3) is 21.8 Å². The first-order valence-corrected chi connectivity index (χ1v) is 11.8. The minimum atomic E-state index is -0.390. The van der Waals surface area contributed by atoms with E-state index >= 15 is 0 Å². The third-order valence-corrected chi connectivity index (χ3v) is 6.64. The van der Waals surface area contributed by atoms with E-state index in [-0.39, 0.29) is 11.8 Å². The molecule has 6 heteroatoms. The largest absolute Gasteiger partial charge is 0.491 e. The molecule has 1 atom stereocenters. The number of nitrogens with zero attached hydrogens (tertiary/aromatic N) is 3. The van der Waals surface area contributed by atoms with Gasteiger partial charge in [0.2, 0.25) is 5.91 Å². The van der Waals surface area contributed by atoms with E-state index in [2.05, 4.69) is 22.8 Å². The molecule has 0 N–H and O–H groups in total. The number of rotatable bonds is 6. The second kappa shape index (κ2) is 8.87. The fraction of sp³-hybridized carbons (Fsp3) is 0.172. The van der Waals surface area contributed by atoms with E-state index in [0.717, 1.165) is 33.4 Å². The minimum Gasteiger partial charge on any atom is -0.491 e. The van der Waals surface area contributed by atoms with Crippen molar-refractivity contribution in [3.8, 4) is 5.75 Å². The van der Waals surface area contributed by atoms with E-state index in [0.29, 0.717) is 31.8 Å². The highest BCUT2D eigenvalue weighted by molar-refractivity contribution is 5.96. The molecule has 1 amide bonds. The lowest BCUT2D eigenvalue weighted by molar-refractivity contribution is -0.117. The number of benzene rings is 4. The molecule has 1 aliphatic heterocycles. The quantitative estimate of drug-likeness (QED) is 0.312. The molecule has 1 aromatic heterocycles. The number of anilines is 1. The topological polar surface area (TPSA) is 47.4 Å². The molecule has 0 spiro atoms. The molecule has 0 saturated carbocycles. The highest BCUT2D eigenvalue weighted by Gasteiger charge is 2.35. The van der Waals surface area contributed by atoms with Crippen molar-refractivity contribution in [3.63, 3.8) is 0 Å². The maximum Gasteiger partial charge on any atom is 0.227 e. The van der Waals surface area contributed by atoms with Crippen molar-refractivity contribution in [1.29, 1.82) is 0 Å². The van der Waals surface area contributed by atoms with Crippen LogP contribution in [0, 0.1) is 5.82 Å². The van der Waals surface area contributed by atoms with Crippen molar-refractivity contribution in [2.24, 2.45) is 0 Å². The molecular formula is C29H24FN3O2. The number of para-hydroxylation sites is 3. The molecule has 1 aliphatic rings. The van der Waals surface area contributed by atoms with Crippen LogP contribution in [0.15, 0.2) is 91.0 Å². The summed E-state index contributed by atoms with van der Waals surface area (Å²) >= 11 is 0. The number of aromatic nitrogens is 2. The number of imidazole rings is 1. The molecule has 1 unspecified atom stereocenters. The van der Waals surface area contributed by atoms with Gasteiger partial charge in [-0.05, 0) is 35.7 Å². The van der Waals surface area contributed by atoms with Crippen LogP contribution in [0.4, 0.5) is 10.1 Å². The van der Waals surface area contributed by atoms with Crippen molar-refractivity contribution in [1.82, 2.24) is 9.55 Å². The Balaban J connectivity index is 1.28. The van der Waals surface area contributed by atoms with Gasteiger partial charge in [-0.1, -0.05) is 60.7 Å². The lowest BCUT2D eigenvalue weighted by Crippen LogP contribution is -2.25. The van der Waals surface area contributed by atoms with Crippen LogP contribution in [0.5, 0.6) is 5.75 Å². The summed E-state index contributed by atoms with van der Waals surface area (Å²) in [5.74, 6) is 1.06. The van der Waals surface area contributed by atoms with Crippen molar-refractivity contribution < 1.29 is 13.9 Å². The van der Waals surface area contributed by atoms with Crippen molar-refractivity contribution in [2.45, 2.75) is 18.9 Å². The van der Waals surface area contributed by atoms with Crippen molar-refractivity contribution in [2.75, 3.05) is 18.1 Å². The number of carbonyl (C=O) groups is 1. The SMILES string of the molecule is O=C1CC(c2nc3ccccc3n2CCOc2cccc3ccccc23)CN1c1ccccc1F. The average molecular weight is 466 g/mol. The summed E-state index contributed by atoms with van der Waals surface area (Å²) in [4.78, 5) is 19.3. The van der Waals surface area contributed by atoms with Crippen LogP contribution in [0.1, 0.15) is 18.2 Å². The van der Waals surface area contributed by atoms with E-state index < -0.39 is 5.82 Å². The normalized spacial score (nSPS) is 15.9. The van der Waals surface area contributed by atoms with Gasteiger partial charge in [0.15, 0.2) is 0 Å². The summed E-state index contributed by atoms with van der Waals surface area (Å²) in [6.45, 7) is 1.44. The zero-order chi connectivity index (χ0) is 23.8. The van der Waals surface area contributed by atoms with E-state index in [4.69, 9.17) is 9.72 Å². The summed E-state index contributed by atoms with van der Waals surface area (Å²) in [6, 6.07) is 28.6. The van der Waals surface area contributed by atoms with Gasteiger partial charge in [-0.15, -0.1) is 0 Å². The molecule has 5 nitrogen and oxygen atoms in total. The fourth-order valence-corrected chi connectivity index (χ4v) is 4.99. The Bertz CT molecular complexity index is 1540. The van der Waals surface area contributed by atoms with E-state index in [1.807, 2.05) is 48.5 Å². The van der Waals surface area contributed by atoms with Gasteiger partial charge >= 0.3 is 0 Å². The summed E-state index contributed by atoms with van der Waals surface area (Å²) in [5.41, 5.74) is 2.20. The monoisotopic (exact) mass is 465 g/mol. The van der Waals surface area contributed by atoms with Gasteiger partial charge in [0.1, 0.15) is 24.0 Å². The maximum atomic E-state index is 14.4. The third-order valence-electron chi connectivity index (χ3n) is 6.64.